The highest BCUT2D eigenvalue weighted by Gasteiger charge is 2.35. The summed E-state index contributed by atoms with van der Waals surface area (Å²) < 4.78 is 12.3. The molecule has 1 fully saturated rings. The predicted molar refractivity (Wildman–Crippen MR) is 137 cm³/mol. The van der Waals surface area contributed by atoms with Crippen LogP contribution in [0.2, 0.25) is 0 Å². The van der Waals surface area contributed by atoms with Gasteiger partial charge in [-0.1, -0.05) is 12.1 Å². The van der Waals surface area contributed by atoms with Crippen molar-refractivity contribution >= 4 is 34.2 Å². The Bertz CT molecular complexity index is 1460. The van der Waals surface area contributed by atoms with Gasteiger partial charge in [0.2, 0.25) is 11.8 Å². The van der Waals surface area contributed by atoms with Gasteiger partial charge in [0.25, 0.3) is 0 Å². The van der Waals surface area contributed by atoms with E-state index in [0.29, 0.717) is 29.7 Å². The molecule has 0 aliphatic carbocycles. The molecule has 0 bridgehead atoms. The van der Waals surface area contributed by atoms with E-state index < -0.39 is 5.92 Å². The second-order valence-electron chi connectivity index (χ2n) is 8.83. The molecule has 0 radical (unpaired) electrons. The molecule has 1 aliphatic heterocycles. The number of pyridine rings is 1. The molecular weight excluding hydrogens is 458 g/mol. The van der Waals surface area contributed by atoms with Crippen LogP contribution in [0.3, 0.4) is 0 Å². The van der Waals surface area contributed by atoms with Gasteiger partial charge < -0.3 is 19.7 Å². The highest BCUT2D eigenvalue weighted by Crippen LogP contribution is 2.30. The Kier molecular flexibility index (Phi) is 6.05. The molecule has 184 valence electrons. The molecule has 2 amide bonds. The fourth-order valence-electron chi connectivity index (χ4n) is 4.53. The summed E-state index contributed by atoms with van der Waals surface area (Å²) in [5.74, 6) is 1.60. The molecule has 1 aliphatic rings. The van der Waals surface area contributed by atoms with Gasteiger partial charge in [-0.15, -0.1) is 0 Å². The average molecular weight is 486 g/mol. The van der Waals surface area contributed by atoms with Crippen molar-refractivity contribution in [1.29, 1.82) is 0 Å². The third-order valence-corrected chi connectivity index (χ3v) is 6.40. The zero-order valence-corrected chi connectivity index (χ0v) is 20.6. The first kappa shape index (κ1) is 23.3. The van der Waals surface area contributed by atoms with E-state index in [4.69, 9.17) is 14.5 Å². The van der Waals surface area contributed by atoms with Gasteiger partial charge in [0.15, 0.2) is 5.82 Å². The number of carbonyl (C=O) groups is 2. The van der Waals surface area contributed by atoms with Crippen LogP contribution in [0.25, 0.3) is 16.7 Å². The summed E-state index contributed by atoms with van der Waals surface area (Å²) in [4.78, 5) is 32.3. The predicted octanol–water partition coefficient (Wildman–Crippen LogP) is 4.05. The Hall–Kier alpha value is -4.40. The number of aromatic nitrogens is 3. The third-order valence-electron chi connectivity index (χ3n) is 6.40. The Balaban J connectivity index is 1.40. The fourth-order valence-corrected chi connectivity index (χ4v) is 4.53. The molecular formula is C27H27N5O4. The lowest BCUT2D eigenvalue weighted by Crippen LogP contribution is -2.28. The molecule has 0 spiro atoms. The molecule has 9 heteroatoms. The van der Waals surface area contributed by atoms with Gasteiger partial charge in [0.1, 0.15) is 22.8 Å². The van der Waals surface area contributed by atoms with E-state index in [-0.39, 0.29) is 18.2 Å². The average Bonchev–Trinajstić information content (AvgIpc) is 3.45. The fraction of sp³-hybridized carbons (Fsp3) is 0.259. The number of aryl methyl sites for hydroxylation is 2. The van der Waals surface area contributed by atoms with Crippen molar-refractivity contribution in [3.63, 3.8) is 0 Å². The Morgan fingerprint density at radius 3 is 2.56 bits per heavy atom. The minimum atomic E-state index is -0.491. The number of hydrogen-bond acceptors (Lipinski definition) is 6. The normalized spacial score (nSPS) is 15.4. The van der Waals surface area contributed by atoms with Gasteiger partial charge in [-0.3, -0.25) is 9.59 Å². The SMILES string of the molecule is COc1ccc(N2CC(C(=O)Nc3cc(C)nn3-c3cc(C)c4cccc(OC)c4n3)CC2=O)cc1. The molecule has 1 N–H and O–H groups in total. The van der Waals surface area contributed by atoms with Crippen LogP contribution in [0.4, 0.5) is 11.5 Å². The molecule has 9 nitrogen and oxygen atoms in total. The molecule has 2 aromatic carbocycles. The number of fused-ring (bicyclic) bond motifs is 1. The molecule has 36 heavy (non-hydrogen) atoms. The number of methoxy groups -OCH3 is 2. The van der Waals surface area contributed by atoms with Gasteiger partial charge in [0, 0.05) is 30.1 Å². The highest BCUT2D eigenvalue weighted by atomic mass is 16.5. The minimum absolute atomic E-state index is 0.0936. The first-order valence-electron chi connectivity index (χ1n) is 11.6. The van der Waals surface area contributed by atoms with Crippen LogP contribution in [0, 0.1) is 19.8 Å². The highest BCUT2D eigenvalue weighted by molar-refractivity contribution is 6.03. The molecule has 1 atom stereocenters. The van der Waals surface area contributed by atoms with Crippen molar-refractivity contribution in [1.82, 2.24) is 14.8 Å². The summed E-state index contributed by atoms with van der Waals surface area (Å²) in [6.45, 7) is 4.15. The van der Waals surface area contributed by atoms with Crippen molar-refractivity contribution in [2.45, 2.75) is 20.3 Å². The van der Waals surface area contributed by atoms with Gasteiger partial charge in [-0.25, -0.2) is 4.98 Å². The summed E-state index contributed by atoms with van der Waals surface area (Å²) >= 11 is 0. The number of para-hydroxylation sites is 1. The van der Waals surface area contributed by atoms with Crippen LogP contribution in [0.5, 0.6) is 11.5 Å². The van der Waals surface area contributed by atoms with E-state index in [2.05, 4.69) is 10.4 Å². The standard InChI is InChI=1S/C27H27N5O4/c1-16-12-23(28-26-21(16)6-5-7-22(26)36-4)32-24(13-17(2)30-32)29-27(34)18-14-25(33)31(15-18)19-8-10-20(35-3)11-9-19/h5-13,18H,14-15H2,1-4H3,(H,29,34). The van der Waals surface area contributed by atoms with Crippen molar-refractivity contribution in [2.75, 3.05) is 31.0 Å². The van der Waals surface area contributed by atoms with E-state index in [9.17, 15) is 9.59 Å². The lowest BCUT2D eigenvalue weighted by molar-refractivity contribution is -0.122. The zero-order valence-electron chi connectivity index (χ0n) is 20.6. The number of anilines is 2. The molecule has 1 saturated heterocycles. The summed E-state index contributed by atoms with van der Waals surface area (Å²) in [7, 11) is 3.20. The Morgan fingerprint density at radius 1 is 1.06 bits per heavy atom. The van der Waals surface area contributed by atoms with Crippen molar-refractivity contribution < 1.29 is 19.1 Å². The second-order valence-corrected chi connectivity index (χ2v) is 8.83. The maximum atomic E-state index is 13.2. The van der Waals surface area contributed by atoms with Crippen LogP contribution in [-0.2, 0) is 9.59 Å². The lowest BCUT2D eigenvalue weighted by atomic mass is 10.1. The van der Waals surface area contributed by atoms with Gasteiger partial charge in [0.05, 0.1) is 25.8 Å². The largest absolute Gasteiger partial charge is 0.497 e. The lowest BCUT2D eigenvalue weighted by Gasteiger charge is -2.17. The van der Waals surface area contributed by atoms with Crippen LogP contribution in [0.15, 0.2) is 54.6 Å². The number of nitrogens with one attached hydrogen (secondary N) is 1. The van der Waals surface area contributed by atoms with E-state index >= 15 is 0 Å². The molecule has 2 aromatic heterocycles. The number of benzene rings is 2. The van der Waals surface area contributed by atoms with Crippen molar-refractivity contribution in [3.8, 4) is 17.3 Å². The molecule has 4 aromatic rings. The van der Waals surface area contributed by atoms with Crippen LogP contribution in [-0.4, -0.2) is 47.3 Å². The van der Waals surface area contributed by atoms with Crippen LogP contribution >= 0.6 is 0 Å². The van der Waals surface area contributed by atoms with E-state index in [1.54, 1.807) is 42.0 Å². The van der Waals surface area contributed by atoms with Gasteiger partial charge in [-0.05, 0) is 55.8 Å². The molecule has 3 heterocycles. The van der Waals surface area contributed by atoms with Crippen molar-refractivity contribution in [3.05, 3.63) is 65.9 Å². The van der Waals surface area contributed by atoms with Crippen LogP contribution in [0.1, 0.15) is 17.7 Å². The molecule has 1 unspecified atom stereocenters. The van der Waals surface area contributed by atoms with Crippen LogP contribution < -0.4 is 19.7 Å². The summed E-state index contributed by atoms with van der Waals surface area (Å²) in [5.41, 5.74) is 3.20. The third kappa shape index (κ3) is 4.24. The Labute approximate surface area is 208 Å². The Morgan fingerprint density at radius 2 is 1.83 bits per heavy atom. The number of rotatable bonds is 6. The molecule has 5 rings (SSSR count). The first-order valence-corrected chi connectivity index (χ1v) is 11.6. The monoisotopic (exact) mass is 485 g/mol. The number of amides is 2. The topological polar surface area (TPSA) is 98.6 Å². The summed E-state index contributed by atoms with van der Waals surface area (Å²) in [6, 6.07) is 16.7. The maximum Gasteiger partial charge on any atom is 0.230 e. The minimum Gasteiger partial charge on any atom is -0.497 e. The number of nitrogens with zero attached hydrogens (tertiary/aromatic N) is 4. The second kappa shape index (κ2) is 9.33. The quantitative estimate of drug-likeness (QED) is 0.443. The van der Waals surface area contributed by atoms with Gasteiger partial charge >= 0.3 is 0 Å². The first-order chi connectivity index (χ1) is 17.4. The number of carbonyl (C=O) groups excluding carboxylic acids is 2. The summed E-state index contributed by atoms with van der Waals surface area (Å²) in [5, 5.41) is 8.52. The number of ether oxygens (including phenoxy) is 2. The van der Waals surface area contributed by atoms with E-state index in [1.807, 2.05) is 50.2 Å². The number of hydrogen-bond donors (Lipinski definition) is 1. The van der Waals surface area contributed by atoms with E-state index in [0.717, 1.165) is 27.8 Å². The zero-order chi connectivity index (χ0) is 25.4. The smallest absolute Gasteiger partial charge is 0.230 e. The maximum absolute atomic E-state index is 13.2. The summed E-state index contributed by atoms with van der Waals surface area (Å²) in [6.07, 6.45) is 0.134. The molecule has 0 saturated carbocycles. The van der Waals surface area contributed by atoms with Gasteiger partial charge in [-0.2, -0.15) is 9.78 Å². The van der Waals surface area contributed by atoms with Crippen molar-refractivity contribution in [2.24, 2.45) is 5.92 Å². The van der Waals surface area contributed by atoms with E-state index in [1.165, 1.54) is 0 Å².